The van der Waals surface area contributed by atoms with Crippen LogP contribution >= 0.6 is 0 Å². The number of benzene rings is 10. The van der Waals surface area contributed by atoms with E-state index in [9.17, 15) is 0 Å². The predicted octanol–water partition coefficient (Wildman–Crippen LogP) is 15.0. The molecule has 0 spiro atoms. The first-order chi connectivity index (χ1) is 27.8. The molecular formula is C54H36N2. The third-order valence-corrected chi connectivity index (χ3v) is 11.4. The Labute approximate surface area is 325 Å². The Morgan fingerprint density at radius 3 is 1.11 bits per heavy atom. The predicted molar refractivity (Wildman–Crippen MR) is 239 cm³/mol. The second kappa shape index (κ2) is 13.2. The lowest BCUT2D eigenvalue weighted by Gasteiger charge is -2.26. The van der Waals surface area contributed by atoms with Crippen molar-refractivity contribution in [1.82, 2.24) is 4.57 Å². The van der Waals surface area contributed by atoms with Gasteiger partial charge in [-0.1, -0.05) is 158 Å². The van der Waals surface area contributed by atoms with E-state index in [1.54, 1.807) is 0 Å². The summed E-state index contributed by atoms with van der Waals surface area (Å²) in [6, 6.07) is 79.4. The molecule has 2 heteroatoms. The molecule has 0 aliphatic carbocycles. The third-order valence-electron chi connectivity index (χ3n) is 11.4. The minimum absolute atomic E-state index is 1.10. The topological polar surface area (TPSA) is 8.17 Å². The van der Waals surface area contributed by atoms with Gasteiger partial charge in [-0.3, -0.25) is 0 Å². The quantitative estimate of drug-likeness (QED) is 0.156. The molecule has 0 bridgehead atoms. The van der Waals surface area contributed by atoms with Crippen LogP contribution in [0, 0.1) is 0 Å². The molecule has 0 N–H and O–H groups in total. The Bertz CT molecular complexity index is 3120. The van der Waals surface area contributed by atoms with Gasteiger partial charge in [-0.05, 0) is 115 Å². The van der Waals surface area contributed by atoms with E-state index in [1.807, 2.05) is 0 Å². The van der Waals surface area contributed by atoms with Gasteiger partial charge < -0.3 is 9.47 Å². The molecule has 11 rings (SSSR count). The first kappa shape index (κ1) is 32.0. The number of hydrogen-bond donors (Lipinski definition) is 0. The molecule has 56 heavy (non-hydrogen) atoms. The molecule has 0 atom stereocenters. The van der Waals surface area contributed by atoms with E-state index in [-0.39, 0.29) is 0 Å². The number of aromatic nitrogens is 1. The minimum Gasteiger partial charge on any atom is -0.310 e. The summed E-state index contributed by atoms with van der Waals surface area (Å²) in [5.41, 5.74) is 11.7. The van der Waals surface area contributed by atoms with Crippen molar-refractivity contribution in [3.63, 3.8) is 0 Å². The van der Waals surface area contributed by atoms with Gasteiger partial charge in [0.2, 0.25) is 0 Å². The van der Waals surface area contributed by atoms with Crippen LogP contribution in [0.3, 0.4) is 0 Å². The smallest absolute Gasteiger partial charge is 0.0541 e. The van der Waals surface area contributed by atoms with Gasteiger partial charge in [0.25, 0.3) is 0 Å². The fourth-order valence-corrected chi connectivity index (χ4v) is 8.72. The first-order valence-electron chi connectivity index (χ1n) is 19.3. The van der Waals surface area contributed by atoms with Crippen LogP contribution < -0.4 is 4.90 Å². The summed E-state index contributed by atoms with van der Waals surface area (Å²) in [4.78, 5) is 2.38. The lowest BCUT2D eigenvalue weighted by Crippen LogP contribution is -2.10. The number of nitrogens with zero attached hydrogens (tertiary/aromatic N) is 2. The Balaban J connectivity index is 1.01. The van der Waals surface area contributed by atoms with E-state index >= 15 is 0 Å². The highest BCUT2D eigenvalue weighted by atomic mass is 15.1. The van der Waals surface area contributed by atoms with Gasteiger partial charge in [0, 0.05) is 33.5 Å². The summed E-state index contributed by atoms with van der Waals surface area (Å²) in [5, 5.41) is 10.2. The van der Waals surface area contributed by atoms with Gasteiger partial charge >= 0.3 is 0 Å². The molecule has 262 valence electrons. The molecule has 1 heterocycles. The minimum atomic E-state index is 1.10. The standard InChI is InChI=1S/C54H36N2/c1-2-12-37(13-3-1)38-22-28-41(29-23-38)55(44-34-35-49-47-16-5-4-14-45(47)46-15-6-7-17-48(46)52(49)36-44)42-30-24-39(25-31-42)40-26-32-43(33-27-40)56-53-20-10-8-18-50(53)51-19-9-11-21-54(51)56/h1-36H. The van der Waals surface area contributed by atoms with Crippen LogP contribution in [0.1, 0.15) is 0 Å². The number of rotatable bonds is 6. The molecular weight excluding hydrogens is 677 g/mol. The molecule has 0 amide bonds. The number of fused-ring (bicyclic) bond motifs is 9. The van der Waals surface area contributed by atoms with Crippen LogP contribution in [0.25, 0.3) is 82.1 Å². The van der Waals surface area contributed by atoms with Crippen LogP contribution in [0.4, 0.5) is 17.1 Å². The van der Waals surface area contributed by atoms with E-state index in [2.05, 4.69) is 228 Å². The van der Waals surface area contributed by atoms with Gasteiger partial charge in [0.05, 0.1) is 11.0 Å². The average Bonchev–Trinajstić information content (AvgIpc) is 3.62. The van der Waals surface area contributed by atoms with Crippen molar-refractivity contribution in [2.75, 3.05) is 4.90 Å². The zero-order chi connectivity index (χ0) is 37.0. The molecule has 10 aromatic carbocycles. The summed E-state index contributed by atoms with van der Waals surface area (Å²) in [7, 11) is 0. The molecule has 0 fully saturated rings. The molecule has 0 saturated carbocycles. The lowest BCUT2D eigenvalue weighted by molar-refractivity contribution is 1.18. The van der Waals surface area contributed by atoms with Gasteiger partial charge in [-0.15, -0.1) is 0 Å². The van der Waals surface area contributed by atoms with Crippen LogP contribution in [0.5, 0.6) is 0 Å². The fraction of sp³-hybridized carbons (Fsp3) is 0. The Kier molecular flexibility index (Phi) is 7.53. The lowest BCUT2D eigenvalue weighted by atomic mass is 9.94. The molecule has 0 radical (unpaired) electrons. The highest BCUT2D eigenvalue weighted by Gasteiger charge is 2.17. The van der Waals surface area contributed by atoms with Crippen molar-refractivity contribution < 1.29 is 0 Å². The maximum Gasteiger partial charge on any atom is 0.0541 e. The highest BCUT2D eigenvalue weighted by Crippen LogP contribution is 2.42. The van der Waals surface area contributed by atoms with Crippen LogP contribution in [0.2, 0.25) is 0 Å². The van der Waals surface area contributed by atoms with Crippen LogP contribution in [-0.4, -0.2) is 4.57 Å². The maximum atomic E-state index is 2.38. The van der Waals surface area contributed by atoms with Gasteiger partial charge in [-0.2, -0.15) is 0 Å². The zero-order valence-electron chi connectivity index (χ0n) is 30.7. The van der Waals surface area contributed by atoms with Crippen molar-refractivity contribution in [2.24, 2.45) is 0 Å². The summed E-state index contributed by atoms with van der Waals surface area (Å²) in [5.74, 6) is 0. The SMILES string of the molecule is c1ccc(-c2ccc(N(c3ccc(-c4ccc(-n5c6ccccc6c6ccccc65)cc4)cc3)c3ccc4c5ccccc5c5ccccc5c4c3)cc2)cc1. The van der Waals surface area contributed by atoms with Crippen molar-refractivity contribution in [3.05, 3.63) is 218 Å². The van der Waals surface area contributed by atoms with E-state index in [0.717, 1.165) is 22.7 Å². The Hall–Kier alpha value is -7.42. The second-order valence-corrected chi connectivity index (χ2v) is 14.5. The van der Waals surface area contributed by atoms with Crippen molar-refractivity contribution >= 4 is 71.2 Å². The van der Waals surface area contributed by atoms with Gasteiger partial charge in [0.1, 0.15) is 0 Å². The first-order valence-corrected chi connectivity index (χ1v) is 19.3. The van der Waals surface area contributed by atoms with E-state index in [1.165, 1.54) is 76.4 Å². The van der Waals surface area contributed by atoms with E-state index < -0.39 is 0 Å². The molecule has 0 aliphatic rings. The number of anilines is 3. The number of hydrogen-bond acceptors (Lipinski definition) is 1. The van der Waals surface area contributed by atoms with E-state index in [4.69, 9.17) is 0 Å². The monoisotopic (exact) mass is 712 g/mol. The molecule has 0 saturated heterocycles. The average molecular weight is 713 g/mol. The summed E-state index contributed by atoms with van der Waals surface area (Å²) < 4.78 is 2.37. The third kappa shape index (κ3) is 5.26. The molecule has 11 aromatic rings. The van der Waals surface area contributed by atoms with E-state index in [0.29, 0.717) is 0 Å². The zero-order valence-corrected chi connectivity index (χ0v) is 30.7. The Morgan fingerprint density at radius 1 is 0.250 bits per heavy atom. The summed E-state index contributed by atoms with van der Waals surface area (Å²) >= 11 is 0. The second-order valence-electron chi connectivity index (χ2n) is 14.5. The largest absolute Gasteiger partial charge is 0.310 e. The number of para-hydroxylation sites is 2. The van der Waals surface area contributed by atoms with Gasteiger partial charge in [-0.25, -0.2) is 0 Å². The molecule has 1 aromatic heterocycles. The summed E-state index contributed by atoms with van der Waals surface area (Å²) in [6.45, 7) is 0. The molecule has 2 nitrogen and oxygen atoms in total. The fourth-order valence-electron chi connectivity index (χ4n) is 8.72. The normalized spacial score (nSPS) is 11.6. The van der Waals surface area contributed by atoms with Crippen molar-refractivity contribution in [1.29, 1.82) is 0 Å². The summed E-state index contributed by atoms with van der Waals surface area (Å²) in [6.07, 6.45) is 0. The molecule has 0 unspecified atom stereocenters. The van der Waals surface area contributed by atoms with Crippen molar-refractivity contribution in [3.8, 4) is 27.9 Å². The molecule has 0 aliphatic heterocycles. The maximum absolute atomic E-state index is 2.38. The highest BCUT2D eigenvalue weighted by molar-refractivity contribution is 6.25. The van der Waals surface area contributed by atoms with Crippen LogP contribution in [-0.2, 0) is 0 Å². The van der Waals surface area contributed by atoms with Gasteiger partial charge in [0.15, 0.2) is 0 Å². The van der Waals surface area contributed by atoms with Crippen molar-refractivity contribution in [2.45, 2.75) is 0 Å². The Morgan fingerprint density at radius 2 is 0.607 bits per heavy atom. The van der Waals surface area contributed by atoms with Crippen LogP contribution in [0.15, 0.2) is 218 Å².